The third-order valence-electron chi connectivity index (χ3n) is 4.65. The van der Waals surface area contributed by atoms with Crippen LogP contribution in [0.3, 0.4) is 0 Å². The zero-order chi connectivity index (χ0) is 18.9. The lowest BCUT2D eigenvalue weighted by Crippen LogP contribution is -2.22. The molecule has 0 unspecified atom stereocenters. The molecule has 0 fully saturated rings. The average molecular weight is 357 g/mol. The van der Waals surface area contributed by atoms with Crippen LogP contribution in [0.25, 0.3) is 0 Å². The van der Waals surface area contributed by atoms with Gasteiger partial charge in [0.05, 0.1) is 6.42 Å². The van der Waals surface area contributed by atoms with Gasteiger partial charge in [-0.1, -0.05) is 85.0 Å². The van der Waals surface area contributed by atoms with Crippen molar-refractivity contribution in [1.29, 1.82) is 0 Å². The van der Waals surface area contributed by atoms with Crippen molar-refractivity contribution in [3.63, 3.8) is 0 Å². The van der Waals surface area contributed by atoms with Crippen LogP contribution in [0, 0.1) is 5.92 Å². The first-order chi connectivity index (χ1) is 12.0. The Morgan fingerprint density at radius 1 is 0.800 bits per heavy atom. The molecule has 0 amide bonds. The summed E-state index contributed by atoms with van der Waals surface area (Å²) in [7, 11) is 0. The monoisotopic (exact) mass is 356 g/mol. The average Bonchev–Trinajstić information content (AvgIpc) is 2.53. The molecule has 4 nitrogen and oxygen atoms in total. The summed E-state index contributed by atoms with van der Waals surface area (Å²) in [4.78, 5) is 23.1. The van der Waals surface area contributed by atoms with Gasteiger partial charge in [-0.2, -0.15) is 0 Å². The molecule has 0 radical (unpaired) electrons. The quantitative estimate of drug-likeness (QED) is 0.252. The fraction of sp³-hybridized carbons (Fsp3) is 0.905. The zero-order valence-corrected chi connectivity index (χ0v) is 16.7. The first kappa shape index (κ1) is 23.9. The second kappa shape index (κ2) is 16.4. The highest BCUT2D eigenvalue weighted by atomic mass is 16.5. The third kappa shape index (κ3) is 16.2. The van der Waals surface area contributed by atoms with Crippen LogP contribution in [-0.4, -0.2) is 23.1 Å². The van der Waals surface area contributed by atoms with Crippen molar-refractivity contribution >= 4 is 11.9 Å². The van der Waals surface area contributed by atoms with Crippen molar-refractivity contribution in [2.24, 2.45) is 5.92 Å². The van der Waals surface area contributed by atoms with Gasteiger partial charge in [0.15, 0.2) is 0 Å². The van der Waals surface area contributed by atoms with E-state index in [1.807, 2.05) is 0 Å². The SMILES string of the molecule is CCCCCCC[C@@H](C)CC(=O)O[C@H](CCCCCCC)CC(=O)O. The number of carbonyl (C=O) groups is 2. The summed E-state index contributed by atoms with van der Waals surface area (Å²) in [5.41, 5.74) is 0. The summed E-state index contributed by atoms with van der Waals surface area (Å²) in [5, 5.41) is 9.02. The molecule has 1 N–H and O–H groups in total. The highest BCUT2D eigenvalue weighted by Crippen LogP contribution is 2.18. The van der Waals surface area contributed by atoms with Crippen molar-refractivity contribution in [1.82, 2.24) is 0 Å². The van der Waals surface area contributed by atoms with Gasteiger partial charge >= 0.3 is 11.9 Å². The van der Waals surface area contributed by atoms with E-state index in [1.54, 1.807) is 0 Å². The van der Waals surface area contributed by atoms with Crippen LogP contribution in [0.2, 0.25) is 0 Å². The Morgan fingerprint density at radius 3 is 1.84 bits per heavy atom. The maximum absolute atomic E-state index is 12.1. The number of hydrogen-bond acceptors (Lipinski definition) is 3. The fourth-order valence-corrected chi connectivity index (χ4v) is 3.09. The summed E-state index contributed by atoms with van der Waals surface area (Å²) in [6.45, 7) is 6.45. The number of carboxylic acids is 1. The molecule has 0 saturated heterocycles. The first-order valence-electron chi connectivity index (χ1n) is 10.4. The number of ether oxygens (including phenoxy) is 1. The predicted molar refractivity (Wildman–Crippen MR) is 103 cm³/mol. The topological polar surface area (TPSA) is 63.6 Å². The Hall–Kier alpha value is -1.06. The minimum atomic E-state index is -0.893. The van der Waals surface area contributed by atoms with Crippen LogP contribution >= 0.6 is 0 Å². The molecule has 0 heterocycles. The van der Waals surface area contributed by atoms with Crippen molar-refractivity contribution in [2.45, 2.75) is 117 Å². The smallest absolute Gasteiger partial charge is 0.307 e. The van der Waals surface area contributed by atoms with Crippen LogP contribution in [-0.2, 0) is 14.3 Å². The normalized spacial score (nSPS) is 13.4. The summed E-state index contributed by atoms with van der Waals surface area (Å²) in [5.74, 6) is -0.819. The second-order valence-corrected chi connectivity index (χ2v) is 7.42. The molecular weight excluding hydrogens is 316 g/mol. The van der Waals surface area contributed by atoms with Crippen LogP contribution in [0.1, 0.15) is 111 Å². The fourth-order valence-electron chi connectivity index (χ4n) is 3.09. The lowest BCUT2D eigenvalue weighted by atomic mass is 9.99. The number of unbranched alkanes of at least 4 members (excludes halogenated alkanes) is 8. The van der Waals surface area contributed by atoms with E-state index in [0.717, 1.165) is 25.7 Å². The lowest BCUT2D eigenvalue weighted by molar-refractivity contribution is -0.154. The van der Waals surface area contributed by atoms with Crippen LogP contribution in [0.15, 0.2) is 0 Å². The van der Waals surface area contributed by atoms with Gasteiger partial charge in [-0.05, 0) is 18.8 Å². The van der Waals surface area contributed by atoms with E-state index in [1.165, 1.54) is 44.9 Å². The Bertz CT molecular complexity index is 341. The number of esters is 1. The molecule has 0 spiro atoms. The van der Waals surface area contributed by atoms with Gasteiger partial charge in [-0.15, -0.1) is 0 Å². The van der Waals surface area contributed by atoms with E-state index < -0.39 is 12.1 Å². The van der Waals surface area contributed by atoms with Crippen molar-refractivity contribution in [3.8, 4) is 0 Å². The number of rotatable bonds is 17. The summed E-state index contributed by atoms with van der Waals surface area (Å²) in [6, 6.07) is 0. The zero-order valence-electron chi connectivity index (χ0n) is 16.7. The summed E-state index contributed by atoms with van der Waals surface area (Å²) >= 11 is 0. The molecule has 25 heavy (non-hydrogen) atoms. The number of carboxylic acid groups (broad SMARTS) is 1. The largest absolute Gasteiger partial charge is 0.481 e. The molecule has 0 aliphatic rings. The molecule has 148 valence electrons. The van der Waals surface area contributed by atoms with Crippen LogP contribution < -0.4 is 0 Å². The number of carbonyl (C=O) groups excluding carboxylic acids is 1. The standard InChI is InChI=1S/C21H40O4/c1-4-6-8-10-12-14-18(3)16-21(24)25-19(17-20(22)23)15-13-11-9-7-5-2/h18-19H,4-17H2,1-3H3,(H,22,23)/t18-,19-/m1/s1. The third-order valence-corrected chi connectivity index (χ3v) is 4.65. The Labute approximate surface area is 154 Å². The molecule has 0 aromatic carbocycles. The Morgan fingerprint density at radius 2 is 1.32 bits per heavy atom. The van der Waals surface area contributed by atoms with E-state index >= 15 is 0 Å². The maximum atomic E-state index is 12.1. The summed E-state index contributed by atoms with van der Waals surface area (Å²) < 4.78 is 5.46. The molecular formula is C21H40O4. The predicted octanol–water partition coefficient (Wildman–Crippen LogP) is 6.12. The maximum Gasteiger partial charge on any atom is 0.307 e. The van der Waals surface area contributed by atoms with Crippen LogP contribution in [0.4, 0.5) is 0 Å². The first-order valence-corrected chi connectivity index (χ1v) is 10.4. The molecule has 4 heteroatoms. The minimum Gasteiger partial charge on any atom is -0.481 e. The van der Waals surface area contributed by atoms with Gasteiger partial charge in [-0.25, -0.2) is 0 Å². The second-order valence-electron chi connectivity index (χ2n) is 7.42. The molecule has 0 aliphatic carbocycles. The highest BCUT2D eigenvalue weighted by molar-refractivity contribution is 5.71. The molecule has 0 saturated carbocycles. The van der Waals surface area contributed by atoms with Gasteiger partial charge in [0, 0.05) is 6.42 Å². The molecule has 0 bridgehead atoms. The van der Waals surface area contributed by atoms with Gasteiger partial charge in [0.2, 0.25) is 0 Å². The molecule has 0 rings (SSSR count). The lowest BCUT2D eigenvalue weighted by Gasteiger charge is -2.18. The highest BCUT2D eigenvalue weighted by Gasteiger charge is 2.19. The Kier molecular flexibility index (Phi) is 15.7. The summed E-state index contributed by atoms with van der Waals surface area (Å²) in [6.07, 6.45) is 13.3. The van der Waals surface area contributed by atoms with Crippen molar-refractivity contribution < 1.29 is 19.4 Å². The van der Waals surface area contributed by atoms with Crippen molar-refractivity contribution in [2.75, 3.05) is 0 Å². The number of hydrogen-bond donors (Lipinski definition) is 1. The molecule has 0 aromatic heterocycles. The van der Waals surface area contributed by atoms with E-state index in [-0.39, 0.29) is 12.4 Å². The van der Waals surface area contributed by atoms with Gasteiger partial charge in [0.1, 0.15) is 6.10 Å². The Balaban J connectivity index is 4.03. The molecule has 0 aliphatic heterocycles. The van der Waals surface area contributed by atoms with E-state index in [4.69, 9.17) is 9.84 Å². The van der Waals surface area contributed by atoms with E-state index in [9.17, 15) is 9.59 Å². The van der Waals surface area contributed by atoms with Crippen molar-refractivity contribution in [3.05, 3.63) is 0 Å². The van der Waals surface area contributed by atoms with E-state index in [2.05, 4.69) is 20.8 Å². The van der Waals surface area contributed by atoms with Gasteiger partial charge in [-0.3, -0.25) is 9.59 Å². The minimum absolute atomic E-state index is 0.0785. The van der Waals surface area contributed by atoms with Gasteiger partial charge in [0.25, 0.3) is 0 Å². The molecule has 0 aromatic rings. The van der Waals surface area contributed by atoms with E-state index in [0.29, 0.717) is 18.8 Å². The number of aliphatic carboxylic acids is 1. The van der Waals surface area contributed by atoms with Gasteiger partial charge < -0.3 is 9.84 Å². The molecule has 2 atom stereocenters. The van der Waals surface area contributed by atoms with Crippen LogP contribution in [0.5, 0.6) is 0 Å².